The summed E-state index contributed by atoms with van der Waals surface area (Å²) in [7, 11) is 0. The normalized spacial score (nSPS) is 10.8. The molecule has 0 spiro atoms. The molecule has 0 bridgehead atoms. The van der Waals surface area contributed by atoms with Crippen molar-refractivity contribution < 1.29 is 9.18 Å². The van der Waals surface area contributed by atoms with Crippen molar-refractivity contribution in [2.45, 2.75) is 13.1 Å². The summed E-state index contributed by atoms with van der Waals surface area (Å²) < 4.78 is 15.5. The Balaban J connectivity index is 1.46. The van der Waals surface area contributed by atoms with Gasteiger partial charge in [0.25, 0.3) is 5.91 Å². The Labute approximate surface area is 163 Å². The summed E-state index contributed by atoms with van der Waals surface area (Å²) in [6.07, 6.45) is 4.63. The zero-order chi connectivity index (χ0) is 20.2. The monoisotopic (exact) mass is 393 g/mol. The molecule has 0 saturated heterocycles. The van der Waals surface area contributed by atoms with Crippen LogP contribution in [0.1, 0.15) is 21.6 Å². The van der Waals surface area contributed by atoms with Crippen LogP contribution in [0.4, 0.5) is 4.39 Å². The van der Waals surface area contributed by atoms with Crippen molar-refractivity contribution in [1.82, 2.24) is 34.8 Å². The van der Waals surface area contributed by atoms with Gasteiger partial charge in [-0.3, -0.25) is 14.9 Å². The van der Waals surface area contributed by atoms with Crippen LogP contribution < -0.4 is 11.0 Å². The highest BCUT2D eigenvalue weighted by atomic mass is 19.1. The first kappa shape index (κ1) is 18.3. The van der Waals surface area contributed by atoms with Gasteiger partial charge in [0.2, 0.25) is 0 Å². The first-order valence-corrected chi connectivity index (χ1v) is 8.72. The van der Waals surface area contributed by atoms with Crippen molar-refractivity contribution in [2.75, 3.05) is 0 Å². The number of halogens is 1. The lowest BCUT2D eigenvalue weighted by atomic mass is 10.2. The molecule has 2 N–H and O–H groups in total. The summed E-state index contributed by atoms with van der Waals surface area (Å²) in [6, 6.07) is 10.9. The number of hydrogen-bond acceptors (Lipinski definition) is 5. The van der Waals surface area contributed by atoms with Crippen LogP contribution >= 0.6 is 0 Å². The molecular formula is C19H16FN7O2. The second-order valence-corrected chi connectivity index (χ2v) is 6.25. The quantitative estimate of drug-likeness (QED) is 0.513. The molecule has 0 atom stereocenters. The molecule has 146 valence electrons. The van der Waals surface area contributed by atoms with Gasteiger partial charge in [0, 0.05) is 25.0 Å². The van der Waals surface area contributed by atoms with Crippen molar-refractivity contribution in [1.29, 1.82) is 0 Å². The van der Waals surface area contributed by atoms with Crippen LogP contribution in [0.3, 0.4) is 0 Å². The summed E-state index contributed by atoms with van der Waals surface area (Å²) in [4.78, 5) is 28.8. The van der Waals surface area contributed by atoms with Gasteiger partial charge in [-0.05, 0) is 29.3 Å². The third-order valence-electron chi connectivity index (χ3n) is 4.21. The zero-order valence-corrected chi connectivity index (χ0v) is 15.1. The standard InChI is InChI=1S/C19H16FN7O2/c20-15-5-3-13(4-6-15)11-27-19(29)26(12-23-27)17-8-16(24-25-17)18(28)22-10-14-2-1-7-21-9-14/h1-9,12H,10-11H2,(H,22,28)(H,24,25). The maximum atomic E-state index is 13.0. The van der Waals surface area contributed by atoms with E-state index in [4.69, 9.17) is 0 Å². The molecule has 0 aliphatic carbocycles. The molecule has 0 aliphatic rings. The predicted octanol–water partition coefficient (Wildman–Crippen LogP) is 1.27. The van der Waals surface area contributed by atoms with Gasteiger partial charge in [0.15, 0.2) is 5.82 Å². The molecule has 0 aliphatic heterocycles. The fourth-order valence-electron chi connectivity index (χ4n) is 2.70. The van der Waals surface area contributed by atoms with Gasteiger partial charge in [-0.15, -0.1) is 0 Å². The number of H-pyrrole nitrogens is 1. The third kappa shape index (κ3) is 4.10. The maximum Gasteiger partial charge on any atom is 0.351 e. The third-order valence-corrected chi connectivity index (χ3v) is 4.21. The van der Waals surface area contributed by atoms with E-state index < -0.39 is 5.69 Å². The average Bonchev–Trinajstić information content (AvgIpc) is 3.36. The topological polar surface area (TPSA) is 110 Å². The number of rotatable bonds is 6. The van der Waals surface area contributed by atoms with E-state index in [1.807, 2.05) is 6.07 Å². The Morgan fingerprint density at radius 2 is 2.00 bits per heavy atom. The lowest BCUT2D eigenvalue weighted by molar-refractivity contribution is 0.0946. The first-order chi connectivity index (χ1) is 14.1. The van der Waals surface area contributed by atoms with Crippen LogP contribution in [0, 0.1) is 5.82 Å². The van der Waals surface area contributed by atoms with Crippen molar-refractivity contribution in [3.63, 3.8) is 0 Å². The molecule has 0 saturated carbocycles. The minimum atomic E-state index is -0.428. The van der Waals surface area contributed by atoms with E-state index >= 15 is 0 Å². The van der Waals surface area contributed by atoms with Gasteiger partial charge in [-0.2, -0.15) is 10.2 Å². The highest BCUT2D eigenvalue weighted by Crippen LogP contribution is 2.06. The first-order valence-electron chi connectivity index (χ1n) is 8.72. The molecule has 0 unspecified atom stereocenters. The van der Waals surface area contributed by atoms with Crippen molar-refractivity contribution in [3.05, 3.63) is 94.3 Å². The minimum absolute atomic E-state index is 0.189. The minimum Gasteiger partial charge on any atom is -0.347 e. The molecule has 0 radical (unpaired) electrons. The summed E-state index contributed by atoms with van der Waals surface area (Å²) in [5.41, 5.74) is 1.38. The van der Waals surface area contributed by atoms with Crippen LogP contribution in [-0.2, 0) is 13.1 Å². The van der Waals surface area contributed by atoms with E-state index in [9.17, 15) is 14.0 Å². The van der Waals surface area contributed by atoms with Crippen LogP contribution in [0.5, 0.6) is 0 Å². The molecule has 1 aromatic carbocycles. The zero-order valence-electron chi connectivity index (χ0n) is 15.1. The van der Waals surface area contributed by atoms with Gasteiger partial charge >= 0.3 is 5.69 Å². The maximum absolute atomic E-state index is 13.0. The van der Waals surface area contributed by atoms with E-state index in [0.29, 0.717) is 6.54 Å². The Bertz CT molecular complexity index is 1180. The van der Waals surface area contributed by atoms with Crippen LogP contribution in [0.15, 0.2) is 66.0 Å². The highest BCUT2D eigenvalue weighted by Gasteiger charge is 2.14. The largest absolute Gasteiger partial charge is 0.351 e. The Hall–Kier alpha value is -4.08. The Morgan fingerprint density at radius 3 is 2.76 bits per heavy atom. The summed E-state index contributed by atoms with van der Waals surface area (Å²) in [5.74, 6) is -0.469. The summed E-state index contributed by atoms with van der Waals surface area (Å²) >= 11 is 0. The second-order valence-electron chi connectivity index (χ2n) is 6.25. The summed E-state index contributed by atoms with van der Waals surface area (Å²) in [6.45, 7) is 0.506. The van der Waals surface area contributed by atoms with Crippen molar-refractivity contribution in [3.8, 4) is 5.82 Å². The molecule has 29 heavy (non-hydrogen) atoms. The molecule has 0 fully saturated rings. The molecular weight excluding hydrogens is 377 g/mol. The molecule has 9 nitrogen and oxygen atoms in total. The number of carbonyl (C=O) groups is 1. The van der Waals surface area contributed by atoms with E-state index in [0.717, 1.165) is 11.1 Å². The molecule has 1 amide bonds. The van der Waals surface area contributed by atoms with Crippen LogP contribution in [0.2, 0.25) is 0 Å². The lowest BCUT2D eigenvalue weighted by Gasteiger charge is -2.02. The number of carbonyl (C=O) groups excluding carboxylic acids is 1. The number of aromatic amines is 1. The van der Waals surface area contributed by atoms with E-state index in [-0.39, 0.29) is 29.8 Å². The van der Waals surface area contributed by atoms with E-state index in [1.165, 1.54) is 33.8 Å². The van der Waals surface area contributed by atoms with Gasteiger partial charge < -0.3 is 5.32 Å². The van der Waals surface area contributed by atoms with Crippen LogP contribution in [-0.4, -0.2) is 35.4 Å². The van der Waals surface area contributed by atoms with E-state index in [2.05, 4.69) is 25.6 Å². The molecule has 4 aromatic rings. The average molecular weight is 393 g/mol. The van der Waals surface area contributed by atoms with Crippen molar-refractivity contribution in [2.24, 2.45) is 0 Å². The smallest absolute Gasteiger partial charge is 0.347 e. The van der Waals surface area contributed by atoms with Gasteiger partial charge in [-0.1, -0.05) is 18.2 Å². The van der Waals surface area contributed by atoms with Gasteiger partial charge in [0.1, 0.15) is 17.8 Å². The van der Waals surface area contributed by atoms with Gasteiger partial charge in [0.05, 0.1) is 6.54 Å². The SMILES string of the molecule is O=C(NCc1cccnc1)c1cc(-n2cnn(Cc3ccc(F)cc3)c2=O)n[nH]1. The Morgan fingerprint density at radius 1 is 1.17 bits per heavy atom. The predicted molar refractivity (Wildman–Crippen MR) is 101 cm³/mol. The molecule has 10 heteroatoms. The summed E-state index contributed by atoms with van der Waals surface area (Å²) in [5, 5.41) is 13.4. The number of nitrogens with zero attached hydrogens (tertiary/aromatic N) is 5. The number of aromatic nitrogens is 6. The Kier molecular flexibility index (Phi) is 4.97. The number of benzene rings is 1. The number of hydrogen-bond donors (Lipinski definition) is 2. The fourth-order valence-corrected chi connectivity index (χ4v) is 2.70. The molecule has 3 heterocycles. The second kappa shape index (κ2) is 7.89. The lowest BCUT2D eigenvalue weighted by Crippen LogP contribution is -2.24. The van der Waals surface area contributed by atoms with Crippen LogP contribution in [0.25, 0.3) is 5.82 Å². The number of pyridine rings is 1. The number of nitrogens with one attached hydrogen (secondary N) is 2. The highest BCUT2D eigenvalue weighted by molar-refractivity contribution is 5.92. The fraction of sp³-hybridized carbons (Fsp3) is 0.105. The molecule has 4 rings (SSSR count). The van der Waals surface area contributed by atoms with Crippen molar-refractivity contribution >= 4 is 5.91 Å². The number of amides is 1. The van der Waals surface area contributed by atoms with Gasteiger partial charge in [-0.25, -0.2) is 18.4 Å². The van der Waals surface area contributed by atoms with E-state index in [1.54, 1.807) is 30.6 Å². The molecule has 3 aromatic heterocycles.